The zero-order valence-electron chi connectivity index (χ0n) is 31.7. The Morgan fingerprint density at radius 2 is 1.51 bits per heavy atom. The Bertz CT molecular complexity index is 1690. The van der Waals surface area contributed by atoms with Gasteiger partial charge < -0.3 is 19.7 Å². The van der Waals surface area contributed by atoms with Crippen LogP contribution in [-0.2, 0) is 25.5 Å². The van der Waals surface area contributed by atoms with E-state index in [4.69, 9.17) is 19.7 Å². The summed E-state index contributed by atoms with van der Waals surface area (Å²) in [6.07, 6.45) is 8.99. The number of rotatable bonds is 18. The summed E-state index contributed by atoms with van der Waals surface area (Å²) < 4.78 is 70.9. The fourth-order valence-corrected chi connectivity index (χ4v) is 6.59. The van der Waals surface area contributed by atoms with Crippen molar-refractivity contribution in [3.8, 4) is 22.3 Å². The molecule has 1 aliphatic carbocycles. The lowest BCUT2D eigenvalue weighted by molar-refractivity contribution is -0.141. The number of methoxy groups -OCH3 is 1. The monoisotopic (exact) mass is 806 g/mol. The first-order valence-corrected chi connectivity index (χ1v) is 20.0. The molecular weight excluding hydrogens is 753 g/mol. The van der Waals surface area contributed by atoms with E-state index >= 15 is 8.78 Å². The van der Waals surface area contributed by atoms with Crippen molar-refractivity contribution in [1.82, 2.24) is 0 Å². The maximum atomic E-state index is 15.4. The molecule has 2 N–H and O–H groups in total. The third-order valence-corrected chi connectivity index (χ3v) is 9.78. The Kier molecular flexibility index (Phi) is 22.3. The highest BCUT2D eigenvalue weighted by atomic mass is 33.1. The van der Waals surface area contributed by atoms with Gasteiger partial charge in [0.25, 0.3) is 0 Å². The molecule has 1 fully saturated rings. The van der Waals surface area contributed by atoms with E-state index in [2.05, 4.69) is 36.5 Å². The van der Waals surface area contributed by atoms with Crippen molar-refractivity contribution < 1.29 is 46.8 Å². The Labute approximate surface area is 333 Å². The van der Waals surface area contributed by atoms with Gasteiger partial charge in [0.2, 0.25) is 0 Å². The molecule has 6 nitrogen and oxygen atoms in total. The molecule has 1 saturated carbocycles. The van der Waals surface area contributed by atoms with Gasteiger partial charge in [-0.1, -0.05) is 69.3 Å². The molecule has 55 heavy (non-hydrogen) atoms. The number of ether oxygens (including phenoxy) is 2. The molecular formula is C43H54F4O6S2. The van der Waals surface area contributed by atoms with Crippen LogP contribution in [0.4, 0.5) is 17.6 Å². The zero-order valence-corrected chi connectivity index (χ0v) is 33.5. The van der Waals surface area contributed by atoms with Crippen LogP contribution >= 0.6 is 23.3 Å². The van der Waals surface area contributed by atoms with Crippen LogP contribution in [-0.4, -0.2) is 56.0 Å². The van der Waals surface area contributed by atoms with Crippen molar-refractivity contribution in [2.45, 2.75) is 77.0 Å². The molecule has 0 spiro atoms. The van der Waals surface area contributed by atoms with Crippen LogP contribution in [0.3, 0.4) is 0 Å². The molecule has 0 aliphatic heterocycles. The quantitative estimate of drug-likeness (QED) is 0.0195. The summed E-state index contributed by atoms with van der Waals surface area (Å²) in [7, 11) is 1.61. The van der Waals surface area contributed by atoms with Crippen molar-refractivity contribution in [1.29, 1.82) is 0 Å². The molecule has 3 aromatic carbocycles. The van der Waals surface area contributed by atoms with Crippen LogP contribution in [0.1, 0.15) is 81.8 Å². The van der Waals surface area contributed by atoms with E-state index < -0.39 is 30.0 Å². The van der Waals surface area contributed by atoms with Gasteiger partial charge >= 0.3 is 5.97 Å². The van der Waals surface area contributed by atoms with E-state index in [1.165, 1.54) is 30.3 Å². The van der Waals surface area contributed by atoms with Crippen molar-refractivity contribution >= 4 is 35.6 Å². The molecule has 0 aromatic heterocycles. The average Bonchev–Trinajstić information content (AvgIpc) is 3.21. The van der Waals surface area contributed by atoms with Gasteiger partial charge in [-0.25, -0.2) is 22.4 Å². The third-order valence-electron chi connectivity index (χ3n) is 9.78. The summed E-state index contributed by atoms with van der Waals surface area (Å²) in [5.41, 5.74) is 1.96. The standard InChI is InChI=1S/C39H46F4O4.C4H6O2.H2S2/c1-4-5-6-7-29-14-19-34(38(43)37(29)42)31-16-18-33(36(41)21-31)30-15-17-32(35(40)20-30)28-12-10-26(11-13-28)8-9-27(23-46-3)24-47-39(45)25(2)22-44;1-4(2-5)3-6;1-2/h14-21,26-28,44H,2,4-13,22-24H2,1,3H3;2,6H,1,3H2;1-2H. The lowest BCUT2D eigenvalue weighted by Gasteiger charge is -2.30. The minimum Gasteiger partial charge on any atom is -0.462 e. The maximum Gasteiger partial charge on any atom is 0.335 e. The number of hydrogen-bond donors (Lipinski definition) is 4. The molecule has 302 valence electrons. The highest BCUT2D eigenvalue weighted by Gasteiger charge is 2.26. The first kappa shape index (κ1) is 47.7. The molecule has 0 radical (unpaired) electrons. The van der Waals surface area contributed by atoms with E-state index in [0.717, 1.165) is 57.8 Å². The normalized spacial score (nSPS) is 15.5. The highest BCUT2D eigenvalue weighted by Crippen LogP contribution is 2.40. The lowest BCUT2D eigenvalue weighted by Crippen LogP contribution is -2.22. The number of aryl methyl sites for hydroxylation is 1. The Morgan fingerprint density at radius 3 is 2.07 bits per heavy atom. The molecule has 4 rings (SSSR count). The SMILES string of the molecule is C=C(C=O)CO.C=C(CO)C(=O)OCC(CCC1CCC(c2ccc(-c3ccc(-c4ccc(CCCCC)c(F)c4F)cc3F)cc2F)CC1)COC.SS. The summed E-state index contributed by atoms with van der Waals surface area (Å²) in [6, 6.07) is 12.0. The van der Waals surface area contributed by atoms with E-state index in [0.29, 0.717) is 41.9 Å². The minimum atomic E-state index is -0.988. The highest BCUT2D eigenvalue weighted by molar-refractivity contribution is 8.59. The van der Waals surface area contributed by atoms with Crippen molar-refractivity contribution in [2.75, 3.05) is 33.5 Å². The van der Waals surface area contributed by atoms with Gasteiger partial charge in [-0.3, -0.25) is 4.79 Å². The molecule has 1 aliphatic rings. The fraction of sp³-hybridized carbons (Fsp3) is 0.442. The van der Waals surface area contributed by atoms with Gasteiger partial charge in [0, 0.05) is 29.7 Å². The van der Waals surface area contributed by atoms with Crippen molar-refractivity contribution in [3.63, 3.8) is 0 Å². The zero-order chi connectivity index (χ0) is 40.9. The molecule has 0 bridgehead atoms. The van der Waals surface area contributed by atoms with Gasteiger partial charge in [-0.15, -0.1) is 23.3 Å². The molecule has 3 aromatic rings. The number of halogens is 4. The van der Waals surface area contributed by atoms with Gasteiger partial charge in [0.05, 0.1) is 32.0 Å². The molecule has 1 atom stereocenters. The smallest absolute Gasteiger partial charge is 0.335 e. The van der Waals surface area contributed by atoms with E-state index in [1.54, 1.807) is 25.3 Å². The molecule has 0 saturated heterocycles. The van der Waals surface area contributed by atoms with Crippen LogP contribution in [0.25, 0.3) is 22.3 Å². The van der Waals surface area contributed by atoms with Crippen LogP contribution in [0.5, 0.6) is 0 Å². The molecule has 12 heteroatoms. The predicted molar refractivity (Wildman–Crippen MR) is 217 cm³/mol. The van der Waals surface area contributed by atoms with E-state index in [1.807, 2.05) is 6.92 Å². The number of carbonyl (C=O) groups is 2. The van der Waals surface area contributed by atoms with Crippen LogP contribution < -0.4 is 0 Å². The molecule has 1 unspecified atom stereocenters. The predicted octanol–water partition coefficient (Wildman–Crippen LogP) is 10.2. The van der Waals surface area contributed by atoms with Crippen LogP contribution in [0.15, 0.2) is 72.8 Å². The lowest BCUT2D eigenvalue weighted by atomic mass is 9.76. The minimum absolute atomic E-state index is 0.00805. The second kappa shape index (κ2) is 25.7. The first-order valence-electron chi connectivity index (χ1n) is 18.4. The second-order valence-corrected chi connectivity index (χ2v) is 13.7. The van der Waals surface area contributed by atoms with Gasteiger partial charge in [-0.05, 0) is 97.6 Å². The largest absolute Gasteiger partial charge is 0.462 e. The third kappa shape index (κ3) is 14.9. The fourth-order valence-electron chi connectivity index (χ4n) is 6.59. The number of aliphatic hydroxyl groups is 2. The van der Waals surface area contributed by atoms with Crippen molar-refractivity contribution in [2.24, 2.45) is 11.8 Å². The van der Waals surface area contributed by atoms with Crippen LogP contribution in [0.2, 0.25) is 0 Å². The summed E-state index contributed by atoms with van der Waals surface area (Å²) in [5, 5.41) is 17.1. The van der Waals surface area contributed by atoms with E-state index in [-0.39, 0.29) is 58.7 Å². The van der Waals surface area contributed by atoms with Gasteiger partial charge in [-0.2, -0.15) is 0 Å². The number of hydrogen-bond acceptors (Lipinski definition) is 8. The Balaban J connectivity index is 0.00000119. The van der Waals surface area contributed by atoms with E-state index in [9.17, 15) is 18.4 Å². The van der Waals surface area contributed by atoms with Gasteiger partial charge in [0.15, 0.2) is 11.6 Å². The molecule has 0 heterocycles. The number of unbranched alkanes of at least 4 members (excludes halogenated alkanes) is 2. The van der Waals surface area contributed by atoms with Crippen molar-refractivity contribution in [3.05, 3.63) is 107 Å². The summed E-state index contributed by atoms with van der Waals surface area (Å²) in [5.74, 6) is -2.93. The van der Waals surface area contributed by atoms with Crippen LogP contribution in [0, 0.1) is 35.1 Å². The number of thiol groups is 2. The number of carbonyl (C=O) groups excluding carboxylic acids is 2. The summed E-state index contributed by atoms with van der Waals surface area (Å²) in [6.45, 7) is 8.68. The number of aliphatic hydroxyl groups excluding tert-OH is 2. The first-order chi connectivity index (χ1) is 26.5. The molecule has 0 amide bonds. The number of aldehydes is 1. The Morgan fingerprint density at radius 1 is 0.873 bits per heavy atom. The summed E-state index contributed by atoms with van der Waals surface area (Å²) >= 11 is 6.44. The second-order valence-electron chi connectivity index (χ2n) is 13.7. The number of esters is 1. The number of benzene rings is 3. The average molecular weight is 807 g/mol. The van der Waals surface area contributed by atoms with Gasteiger partial charge in [0.1, 0.15) is 17.9 Å². The topological polar surface area (TPSA) is 93.1 Å². The summed E-state index contributed by atoms with van der Waals surface area (Å²) in [4.78, 5) is 21.3. The Hall–Kier alpha value is -3.42. The maximum absolute atomic E-state index is 15.4.